The van der Waals surface area contributed by atoms with E-state index in [2.05, 4.69) is 21.7 Å². The van der Waals surface area contributed by atoms with Crippen LogP contribution in [0.25, 0.3) is 0 Å². The number of nitrogens with zero attached hydrogens (tertiary/aromatic N) is 1. The third-order valence-corrected chi connectivity index (χ3v) is 3.14. The highest BCUT2D eigenvalue weighted by Gasteiger charge is 2.03. The fourth-order valence-corrected chi connectivity index (χ4v) is 1.85. The number of allylic oxidation sites excluding steroid dienone is 3. The molecular weight excluding hydrogens is 292 g/mol. The standard InChI is InChI=1S/C17H26N4O2/c1-19-17(20-2)7-5-3-4-6-10-23-16-9-8-15(21-12-16)11-14(18)13-22/h3,5,7-9,12-14,19-20H,4,6,10-11,18H2,1-2H3/b5-3-. The summed E-state index contributed by atoms with van der Waals surface area (Å²) in [6, 6.07) is 3.19. The van der Waals surface area contributed by atoms with Crippen molar-refractivity contribution in [3.63, 3.8) is 0 Å². The number of unbranched alkanes of at least 4 members (excludes halogenated alkanes) is 1. The lowest BCUT2D eigenvalue weighted by atomic mass is 10.2. The number of rotatable bonds is 11. The molecule has 1 unspecified atom stereocenters. The fraction of sp³-hybridized carbons (Fsp3) is 0.412. The van der Waals surface area contributed by atoms with E-state index in [1.54, 1.807) is 6.20 Å². The molecular formula is C17H26N4O2. The highest BCUT2D eigenvalue weighted by atomic mass is 16.5. The van der Waals surface area contributed by atoms with Crippen LogP contribution in [0.1, 0.15) is 18.5 Å². The van der Waals surface area contributed by atoms with Crippen LogP contribution in [0.3, 0.4) is 0 Å². The lowest BCUT2D eigenvalue weighted by Gasteiger charge is -2.07. The van der Waals surface area contributed by atoms with E-state index in [-0.39, 0.29) is 0 Å². The molecule has 0 saturated carbocycles. The Hall–Kier alpha value is -2.34. The first kappa shape index (κ1) is 18.7. The van der Waals surface area contributed by atoms with Crippen LogP contribution >= 0.6 is 0 Å². The molecule has 0 aliphatic rings. The summed E-state index contributed by atoms with van der Waals surface area (Å²) >= 11 is 0. The molecule has 0 bridgehead atoms. The van der Waals surface area contributed by atoms with Crippen LogP contribution in [0.15, 0.2) is 42.4 Å². The first-order valence-corrected chi connectivity index (χ1v) is 7.70. The molecule has 0 radical (unpaired) electrons. The zero-order valence-corrected chi connectivity index (χ0v) is 13.8. The zero-order chi connectivity index (χ0) is 16.9. The second kappa shape index (κ2) is 11.3. The molecule has 6 heteroatoms. The van der Waals surface area contributed by atoms with Gasteiger partial charge < -0.3 is 25.9 Å². The van der Waals surface area contributed by atoms with E-state index >= 15 is 0 Å². The van der Waals surface area contributed by atoms with Gasteiger partial charge in [-0.05, 0) is 31.1 Å². The average Bonchev–Trinajstić information content (AvgIpc) is 2.58. The topological polar surface area (TPSA) is 89.3 Å². The average molecular weight is 318 g/mol. The van der Waals surface area contributed by atoms with Crippen molar-refractivity contribution in [1.82, 2.24) is 15.6 Å². The maximum Gasteiger partial charge on any atom is 0.137 e. The lowest BCUT2D eigenvalue weighted by molar-refractivity contribution is -0.108. The van der Waals surface area contributed by atoms with Crippen LogP contribution in [-0.4, -0.2) is 38.0 Å². The van der Waals surface area contributed by atoms with Crippen molar-refractivity contribution < 1.29 is 9.53 Å². The number of nitrogens with one attached hydrogen (secondary N) is 2. The molecule has 0 aromatic carbocycles. The Balaban J connectivity index is 2.24. The molecule has 0 aliphatic heterocycles. The first-order valence-electron chi connectivity index (χ1n) is 7.70. The maximum absolute atomic E-state index is 10.5. The van der Waals surface area contributed by atoms with Gasteiger partial charge in [0.25, 0.3) is 0 Å². The van der Waals surface area contributed by atoms with E-state index in [4.69, 9.17) is 10.5 Å². The van der Waals surface area contributed by atoms with Crippen LogP contribution < -0.4 is 21.1 Å². The van der Waals surface area contributed by atoms with Crippen molar-refractivity contribution in [2.24, 2.45) is 5.73 Å². The molecule has 0 saturated heterocycles. The number of carbonyl (C=O) groups is 1. The third kappa shape index (κ3) is 8.01. The maximum atomic E-state index is 10.5. The van der Waals surface area contributed by atoms with Gasteiger partial charge in [-0.15, -0.1) is 0 Å². The zero-order valence-electron chi connectivity index (χ0n) is 13.8. The number of hydrogen-bond donors (Lipinski definition) is 3. The number of carbonyl (C=O) groups excluding carboxylic acids is 1. The third-order valence-electron chi connectivity index (χ3n) is 3.14. The number of hydrogen-bond acceptors (Lipinski definition) is 6. The molecule has 6 nitrogen and oxygen atoms in total. The van der Waals surface area contributed by atoms with Gasteiger partial charge in [0.1, 0.15) is 12.0 Å². The van der Waals surface area contributed by atoms with Gasteiger partial charge in [-0.25, -0.2) is 0 Å². The second-order valence-corrected chi connectivity index (χ2v) is 4.99. The van der Waals surface area contributed by atoms with Crippen LogP contribution in [0, 0.1) is 0 Å². The van der Waals surface area contributed by atoms with E-state index in [0.717, 1.165) is 36.4 Å². The van der Waals surface area contributed by atoms with Crippen molar-refractivity contribution in [2.45, 2.75) is 25.3 Å². The van der Waals surface area contributed by atoms with Crippen molar-refractivity contribution in [1.29, 1.82) is 0 Å². The molecule has 1 aromatic rings. The summed E-state index contributed by atoms with van der Waals surface area (Å²) in [5.74, 6) is 1.70. The Labute approximate surface area is 137 Å². The van der Waals surface area contributed by atoms with Crippen LogP contribution in [0.2, 0.25) is 0 Å². The van der Waals surface area contributed by atoms with Crippen molar-refractivity contribution in [2.75, 3.05) is 20.7 Å². The van der Waals surface area contributed by atoms with Crippen LogP contribution in [0.5, 0.6) is 5.75 Å². The van der Waals surface area contributed by atoms with Crippen LogP contribution in [0.4, 0.5) is 0 Å². The van der Waals surface area contributed by atoms with Gasteiger partial charge in [0, 0.05) is 26.2 Å². The molecule has 1 aromatic heterocycles. The predicted molar refractivity (Wildman–Crippen MR) is 92.1 cm³/mol. The normalized spacial score (nSPS) is 11.8. The number of pyridine rings is 1. The highest BCUT2D eigenvalue weighted by Crippen LogP contribution is 2.10. The summed E-state index contributed by atoms with van der Waals surface area (Å²) in [5, 5.41) is 6.07. The highest BCUT2D eigenvalue weighted by molar-refractivity contribution is 5.57. The van der Waals surface area contributed by atoms with Crippen molar-refractivity contribution in [3.05, 3.63) is 48.1 Å². The first-order chi connectivity index (χ1) is 11.2. The Bertz CT molecular complexity index is 506. The van der Waals surface area contributed by atoms with E-state index in [1.165, 1.54) is 0 Å². The Morgan fingerprint density at radius 3 is 2.78 bits per heavy atom. The molecule has 1 rings (SSSR count). The van der Waals surface area contributed by atoms with Gasteiger partial charge >= 0.3 is 0 Å². The van der Waals surface area contributed by atoms with Gasteiger partial charge in [-0.2, -0.15) is 0 Å². The van der Waals surface area contributed by atoms with E-state index < -0.39 is 6.04 Å². The minimum Gasteiger partial charge on any atom is -0.492 e. The molecule has 23 heavy (non-hydrogen) atoms. The number of ether oxygens (including phenoxy) is 1. The van der Waals surface area contributed by atoms with E-state index in [0.29, 0.717) is 13.0 Å². The molecule has 0 fully saturated rings. The van der Waals surface area contributed by atoms with Gasteiger partial charge in [-0.1, -0.05) is 12.2 Å². The number of nitrogens with two attached hydrogens (primary N) is 1. The molecule has 126 valence electrons. The fourth-order valence-electron chi connectivity index (χ4n) is 1.85. The van der Waals surface area contributed by atoms with Crippen molar-refractivity contribution >= 4 is 6.29 Å². The van der Waals surface area contributed by atoms with Gasteiger partial charge in [0.05, 0.1) is 24.7 Å². The molecule has 1 heterocycles. The summed E-state index contributed by atoms with van der Waals surface area (Å²) in [5.41, 5.74) is 6.35. The monoisotopic (exact) mass is 318 g/mol. The van der Waals surface area contributed by atoms with Crippen molar-refractivity contribution in [3.8, 4) is 5.75 Å². The largest absolute Gasteiger partial charge is 0.492 e. The summed E-state index contributed by atoms with van der Waals surface area (Å²) in [4.78, 5) is 14.7. The predicted octanol–water partition coefficient (Wildman–Crippen LogP) is 1.15. The summed E-state index contributed by atoms with van der Waals surface area (Å²) in [6.07, 6.45) is 10.8. The minimum absolute atomic E-state index is 0.448. The Morgan fingerprint density at radius 2 is 2.17 bits per heavy atom. The quantitative estimate of drug-likeness (QED) is 0.322. The Morgan fingerprint density at radius 1 is 1.39 bits per heavy atom. The number of aldehydes is 1. The Kier molecular flexibility index (Phi) is 9.16. The summed E-state index contributed by atoms with van der Waals surface area (Å²) < 4.78 is 5.63. The lowest BCUT2D eigenvalue weighted by Crippen LogP contribution is -2.24. The minimum atomic E-state index is -0.499. The van der Waals surface area contributed by atoms with E-state index in [1.807, 2.05) is 38.4 Å². The molecule has 1 atom stereocenters. The molecule has 0 aliphatic carbocycles. The van der Waals surface area contributed by atoms with E-state index in [9.17, 15) is 4.79 Å². The second-order valence-electron chi connectivity index (χ2n) is 4.99. The summed E-state index contributed by atoms with van der Waals surface area (Å²) in [6.45, 7) is 0.633. The molecule has 0 amide bonds. The van der Waals surface area contributed by atoms with Gasteiger partial charge in [0.2, 0.25) is 0 Å². The smallest absolute Gasteiger partial charge is 0.137 e. The summed E-state index contributed by atoms with van der Waals surface area (Å²) in [7, 11) is 3.74. The van der Waals surface area contributed by atoms with Gasteiger partial charge in [-0.3, -0.25) is 4.98 Å². The molecule has 0 spiro atoms. The SMILES string of the molecule is CNC(=C/C=C\CCCOc1ccc(CC(N)C=O)nc1)NC. The molecule has 4 N–H and O–H groups in total. The van der Waals surface area contributed by atoms with Crippen LogP contribution in [-0.2, 0) is 11.2 Å². The van der Waals surface area contributed by atoms with Gasteiger partial charge in [0.15, 0.2) is 0 Å². The number of aromatic nitrogens is 1.